The molecule has 4 aliphatic heterocycles. The maximum atomic E-state index is 14.1. The van der Waals surface area contributed by atoms with Gasteiger partial charge in [-0.05, 0) is 79.8 Å². The van der Waals surface area contributed by atoms with Gasteiger partial charge in [0.05, 0.1) is 37.6 Å². The summed E-state index contributed by atoms with van der Waals surface area (Å²) in [6, 6.07) is 6.38. The normalized spacial score (nSPS) is 21.1. The van der Waals surface area contributed by atoms with Crippen molar-refractivity contribution in [1.82, 2.24) is 30.0 Å². The average molecular weight is 717 g/mol. The van der Waals surface area contributed by atoms with Crippen molar-refractivity contribution in [3.63, 3.8) is 0 Å². The zero-order valence-electron chi connectivity index (χ0n) is 29.3. The van der Waals surface area contributed by atoms with Gasteiger partial charge in [0.25, 0.3) is 0 Å². The predicted molar refractivity (Wildman–Crippen MR) is 192 cm³/mol. The fraction of sp³-hybridized carbons (Fsp3) is 0.526. The van der Waals surface area contributed by atoms with Crippen molar-refractivity contribution in [3.05, 3.63) is 48.2 Å². The standard InChI is InChI=1S/C38H43F3N8O3/c1-3-30(50)49-19-37(20-49)9-13-46(14-10-37)35-27-15-26(24-6-7-24)32(31-23(2)5-8-29-28(31)16-42-45-29)34(52-21-38(39,40)41)33(27)43-36(44-35)48-12-4-11-47(22-48)25-17-51-18-25/h3,5,8,15-16,24-25H,1,4,6-7,9-14,17-22H2,2H3,(H,42,45). The summed E-state index contributed by atoms with van der Waals surface area (Å²) < 4.78 is 53.8. The number of halogens is 3. The first-order valence-electron chi connectivity index (χ1n) is 18.3. The summed E-state index contributed by atoms with van der Waals surface area (Å²) in [6.45, 7) is 10.7. The summed E-state index contributed by atoms with van der Waals surface area (Å²) in [7, 11) is 0. The molecule has 1 N–H and O–H groups in total. The van der Waals surface area contributed by atoms with Crippen LogP contribution in [0.25, 0.3) is 32.9 Å². The molecule has 1 aliphatic carbocycles. The summed E-state index contributed by atoms with van der Waals surface area (Å²) in [5.41, 5.74) is 4.58. The Labute approximate surface area is 299 Å². The number of nitrogens with one attached hydrogen (secondary N) is 1. The highest BCUT2D eigenvalue weighted by atomic mass is 19.4. The molecule has 5 fully saturated rings. The molecule has 0 radical (unpaired) electrons. The van der Waals surface area contributed by atoms with Gasteiger partial charge < -0.3 is 24.2 Å². The van der Waals surface area contributed by atoms with E-state index in [4.69, 9.17) is 19.4 Å². The van der Waals surface area contributed by atoms with Gasteiger partial charge in [-0.15, -0.1) is 0 Å². The number of H-pyrrole nitrogens is 1. The number of piperidine rings is 1. The number of likely N-dealkylation sites (tertiary alicyclic amines) is 1. The second kappa shape index (κ2) is 12.6. The smallest absolute Gasteiger partial charge is 0.422 e. The van der Waals surface area contributed by atoms with E-state index in [0.717, 1.165) is 78.6 Å². The minimum Gasteiger partial charge on any atom is -0.481 e. The highest BCUT2D eigenvalue weighted by molar-refractivity contribution is 6.06. The van der Waals surface area contributed by atoms with E-state index in [1.807, 2.05) is 24.0 Å². The zero-order valence-corrected chi connectivity index (χ0v) is 29.3. The SMILES string of the molecule is C=CC(=O)N1CC2(CCN(c3nc(N4CCCN(C5COC5)C4)nc4c(OCC(F)(F)F)c(-c5c(C)ccc6[nH]ncc56)c(C5CC5)cc34)CC2)C1. The summed E-state index contributed by atoms with van der Waals surface area (Å²) in [4.78, 5) is 31.3. The maximum absolute atomic E-state index is 14.1. The van der Waals surface area contributed by atoms with Gasteiger partial charge in [-0.2, -0.15) is 23.3 Å². The number of hydrogen-bond donors (Lipinski definition) is 1. The molecule has 0 bridgehead atoms. The molecule has 274 valence electrons. The first kappa shape index (κ1) is 33.4. The summed E-state index contributed by atoms with van der Waals surface area (Å²) in [6.07, 6.45) is 3.08. The lowest BCUT2D eigenvalue weighted by molar-refractivity contribution is -0.153. The second-order valence-corrected chi connectivity index (χ2v) is 15.3. The van der Waals surface area contributed by atoms with E-state index in [9.17, 15) is 18.0 Å². The minimum absolute atomic E-state index is 0.0420. The fourth-order valence-corrected chi connectivity index (χ4v) is 8.62. The third kappa shape index (κ3) is 5.93. The molecule has 0 atom stereocenters. The summed E-state index contributed by atoms with van der Waals surface area (Å²) in [5, 5.41) is 8.87. The minimum atomic E-state index is -4.56. The van der Waals surface area contributed by atoms with Crippen LogP contribution in [-0.4, -0.2) is 114 Å². The summed E-state index contributed by atoms with van der Waals surface area (Å²) >= 11 is 0. The van der Waals surface area contributed by atoms with Crippen LogP contribution in [0.3, 0.4) is 0 Å². The number of aromatic amines is 1. The lowest BCUT2D eigenvalue weighted by Crippen LogP contribution is -2.61. The van der Waals surface area contributed by atoms with Crippen LogP contribution in [0.2, 0.25) is 0 Å². The van der Waals surface area contributed by atoms with Crippen LogP contribution >= 0.6 is 0 Å². The first-order valence-corrected chi connectivity index (χ1v) is 18.3. The van der Waals surface area contributed by atoms with Crippen molar-refractivity contribution in [2.75, 3.05) is 75.6 Å². The van der Waals surface area contributed by atoms with Crippen molar-refractivity contribution in [1.29, 1.82) is 0 Å². The van der Waals surface area contributed by atoms with E-state index < -0.39 is 12.8 Å². The zero-order chi connectivity index (χ0) is 35.8. The van der Waals surface area contributed by atoms with Gasteiger partial charge in [0.15, 0.2) is 12.4 Å². The molecule has 1 spiro atoms. The molecular weight excluding hydrogens is 673 g/mol. The Hall–Kier alpha value is -4.43. The molecule has 0 unspecified atom stereocenters. The van der Waals surface area contributed by atoms with Crippen molar-refractivity contribution in [2.45, 2.75) is 57.2 Å². The number of benzene rings is 2. The van der Waals surface area contributed by atoms with Crippen molar-refractivity contribution in [3.8, 4) is 16.9 Å². The van der Waals surface area contributed by atoms with Crippen molar-refractivity contribution < 1.29 is 27.4 Å². The van der Waals surface area contributed by atoms with Crippen LogP contribution in [0.5, 0.6) is 5.75 Å². The van der Waals surface area contributed by atoms with Gasteiger partial charge in [0, 0.05) is 61.0 Å². The number of hydrogen-bond acceptors (Lipinski definition) is 9. The first-order chi connectivity index (χ1) is 25.1. The van der Waals surface area contributed by atoms with E-state index in [1.54, 1.807) is 6.20 Å². The Bertz CT molecular complexity index is 2040. The number of aryl methyl sites for hydroxylation is 1. The molecule has 4 aromatic rings. The number of ether oxygens (including phenoxy) is 2. The van der Waals surface area contributed by atoms with Gasteiger partial charge in [0.2, 0.25) is 11.9 Å². The van der Waals surface area contributed by atoms with Crippen LogP contribution < -0.4 is 14.5 Å². The van der Waals surface area contributed by atoms with Gasteiger partial charge in [-0.1, -0.05) is 12.6 Å². The van der Waals surface area contributed by atoms with Gasteiger partial charge in [-0.25, -0.2) is 4.98 Å². The number of alkyl halides is 3. The van der Waals surface area contributed by atoms with E-state index >= 15 is 0 Å². The Kier molecular flexibility index (Phi) is 8.10. The Balaban J connectivity index is 1.21. The molecule has 2 aromatic heterocycles. The third-order valence-corrected chi connectivity index (χ3v) is 11.7. The van der Waals surface area contributed by atoms with Crippen LogP contribution in [0.15, 0.2) is 37.1 Å². The number of anilines is 2. The van der Waals surface area contributed by atoms with Crippen LogP contribution in [-0.2, 0) is 9.53 Å². The summed E-state index contributed by atoms with van der Waals surface area (Å²) in [5.74, 6) is 1.49. The number of amides is 1. The van der Waals surface area contributed by atoms with Crippen LogP contribution in [0.4, 0.5) is 24.9 Å². The van der Waals surface area contributed by atoms with E-state index in [2.05, 4.69) is 37.5 Å². The lowest BCUT2D eigenvalue weighted by atomic mass is 9.72. The van der Waals surface area contributed by atoms with Crippen LogP contribution in [0.1, 0.15) is 49.1 Å². The largest absolute Gasteiger partial charge is 0.481 e. The quantitative estimate of drug-likeness (QED) is 0.227. The monoisotopic (exact) mass is 716 g/mol. The molecular formula is C38H43F3N8O3. The predicted octanol–water partition coefficient (Wildman–Crippen LogP) is 5.78. The van der Waals surface area contributed by atoms with Gasteiger partial charge >= 0.3 is 6.18 Å². The van der Waals surface area contributed by atoms with Crippen molar-refractivity contribution in [2.24, 2.45) is 5.41 Å². The van der Waals surface area contributed by atoms with Crippen LogP contribution in [0, 0.1) is 12.3 Å². The molecule has 9 rings (SSSR count). The molecule has 2 aromatic carbocycles. The topological polar surface area (TPSA) is 103 Å². The molecule has 11 nitrogen and oxygen atoms in total. The number of aromatic nitrogens is 4. The lowest BCUT2D eigenvalue weighted by Gasteiger charge is -2.54. The Morgan fingerprint density at radius 2 is 1.87 bits per heavy atom. The highest BCUT2D eigenvalue weighted by Gasteiger charge is 2.47. The average Bonchev–Trinajstić information content (AvgIpc) is 3.84. The van der Waals surface area contributed by atoms with Crippen molar-refractivity contribution >= 4 is 39.5 Å². The molecule has 1 amide bonds. The maximum Gasteiger partial charge on any atom is 0.422 e. The number of nitrogens with zero attached hydrogens (tertiary/aromatic N) is 7. The third-order valence-electron chi connectivity index (χ3n) is 11.7. The van der Waals surface area contributed by atoms with E-state index in [-0.39, 0.29) is 23.0 Å². The number of rotatable bonds is 8. The van der Waals surface area contributed by atoms with Gasteiger partial charge in [-0.3, -0.25) is 14.8 Å². The molecule has 52 heavy (non-hydrogen) atoms. The number of carbonyl (C=O) groups is 1. The molecule has 4 saturated heterocycles. The number of carbonyl (C=O) groups excluding carboxylic acids is 1. The molecule has 1 saturated carbocycles. The van der Waals surface area contributed by atoms with Gasteiger partial charge in [0.1, 0.15) is 11.3 Å². The van der Waals surface area contributed by atoms with E-state index in [0.29, 0.717) is 74.5 Å². The molecule has 5 aliphatic rings. The second-order valence-electron chi connectivity index (χ2n) is 15.3. The molecule has 14 heteroatoms. The Morgan fingerprint density at radius 3 is 2.56 bits per heavy atom. The van der Waals surface area contributed by atoms with E-state index in [1.165, 1.54) is 6.08 Å². The fourth-order valence-electron chi connectivity index (χ4n) is 8.62. The molecule has 6 heterocycles. The highest BCUT2D eigenvalue weighted by Crippen LogP contribution is 2.53. The number of fused-ring (bicyclic) bond motifs is 2. The Morgan fingerprint density at radius 1 is 1.08 bits per heavy atom.